The molecular formula is C20H17FO2S2. The molecule has 0 spiro atoms. The summed E-state index contributed by atoms with van der Waals surface area (Å²) >= 11 is 3.06. The van der Waals surface area contributed by atoms with Crippen molar-refractivity contribution in [1.82, 2.24) is 0 Å². The molecule has 0 saturated carbocycles. The smallest absolute Gasteiger partial charge is 0.348 e. The second-order valence-electron chi connectivity index (χ2n) is 5.49. The van der Waals surface area contributed by atoms with Gasteiger partial charge in [-0.25, -0.2) is 9.18 Å². The van der Waals surface area contributed by atoms with Crippen LogP contribution in [0.15, 0.2) is 53.4 Å². The molecule has 3 rings (SSSR count). The molecule has 5 heteroatoms. The third-order valence-electron chi connectivity index (χ3n) is 4.00. The van der Waals surface area contributed by atoms with Gasteiger partial charge in [-0.05, 0) is 54.1 Å². The second kappa shape index (κ2) is 7.42. The van der Waals surface area contributed by atoms with E-state index in [1.165, 1.54) is 35.5 Å². The van der Waals surface area contributed by atoms with Crippen LogP contribution in [-0.4, -0.2) is 19.3 Å². The lowest BCUT2D eigenvalue weighted by atomic mass is 9.98. The highest BCUT2D eigenvalue weighted by molar-refractivity contribution is 7.98. The van der Waals surface area contributed by atoms with Gasteiger partial charge in [0.1, 0.15) is 10.7 Å². The predicted molar refractivity (Wildman–Crippen MR) is 103 cm³/mol. The number of halogens is 1. The Hall–Kier alpha value is -2.11. The predicted octanol–water partition coefficient (Wildman–Crippen LogP) is 6.04. The molecule has 0 unspecified atom stereocenters. The van der Waals surface area contributed by atoms with E-state index in [0.29, 0.717) is 4.88 Å². The van der Waals surface area contributed by atoms with E-state index >= 15 is 0 Å². The molecule has 1 aromatic heterocycles. The van der Waals surface area contributed by atoms with Crippen molar-refractivity contribution in [2.75, 3.05) is 13.4 Å². The summed E-state index contributed by atoms with van der Waals surface area (Å²) in [6.07, 6.45) is 2.03. The fourth-order valence-corrected chi connectivity index (χ4v) is 4.37. The molecule has 0 bridgehead atoms. The molecule has 0 amide bonds. The zero-order chi connectivity index (χ0) is 18.0. The molecule has 0 radical (unpaired) electrons. The average molecular weight is 372 g/mol. The first-order chi connectivity index (χ1) is 12.0. The summed E-state index contributed by atoms with van der Waals surface area (Å²) in [6, 6.07) is 14.6. The monoisotopic (exact) mass is 372 g/mol. The summed E-state index contributed by atoms with van der Waals surface area (Å²) in [4.78, 5) is 14.8. The summed E-state index contributed by atoms with van der Waals surface area (Å²) in [5.41, 5.74) is 3.78. The minimum Gasteiger partial charge on any atom is -0.465 e. The van der Waals surface area contributed by atoms with Crippen molar-refractivity contribution in [3.8, 4) is 21.6 Å². The highest BCUT2D eigenvalue weighted by Crippen LogP contribution is 2.43. The Kier molecular flexibility index (Phi) is 5.25. The number of esters is 1. The summed E-state index contributed by atoms with van der Waals surface area (Å²) < 4.78 is 18.2. The molecule has 128 valence electrons. The molecule has 1 heterocycles. The Morgan fingerprint density at radius 3 is 2.20 bits per heavy atom. The summed E-state index contributed by atoms with van der Waals surface area (Å²) in [5, 5.41) is 0. The number of rotatable bonds is 4. The van der Waals surface area contributed by atoms with Crippen LogP contribution in [0.4, 0.5) is 4.39 Å². The van der Waals surface area contributed by atoms with Crippen molar-refractivity contribution in [2.45, 2.75) is 11.8 Å². The number of carbonyl (C=O) groups is 1. The van der Waals surface area contributed by atoms with Crippen LogP contribution in [0.3, 0.4) is 0 Å². The number of thiophene rings is 1. The van der Waals surface area contributed by atoms with E-state index in [-0.39, 0.29) is 11.8 Å². The van der Waals surface area contributed by atoms with E-state index in [0.717, 1.165) is 27.1 Å². The Bertz CT molecular complexity index is 897. The van der Waals surface area contributed by atoms with Gasteiger partial charge in [-0.2, -0.15) is 0 Å². The van der Waals surface area contributed by atoms with Crippen molar-refractivity contribution in [1.29, 1.82) is 0 Å². The van der Waals surface area contributed by atoms with Gasteiger partial charge in [-0.3, -0.25) is 0 Å². The quantitative estimate of drug-likeness (QED) is 0.413. The van der Waals surface area contributed by atoms with Gasteiger partial charge in [0.15, 0.2) is 0 Å². The van der Waals surface area contributed by atoms with Crippen molar-refractivity contribution in [2.24, 2.45) is 0 Å². The van der Waals surface area contributed by atoms with E-state index in [9.17, 15) is 9.18 Å². The molecular weight excluding hydrogens is 355 g/mol. The zero-order valence-electron chi connectivity index (χ0n) is 14.1. The number of ether oxygens (including phenoxy) is 1. The van der Waals surface area contributed by atoms with E-state index in [1.807, 2.05) is 13.2 Å². The zero-order valence-corrected chi connectivity index (χ0v) is 15.8. The van der Waals surface area contributed by atoms with Crippen molar-refractivity contribution in [3.63, 3.8) is 0 Å². The minimum absolute atomic E-state index is 0.281. The minimum atomic E-state index is -0.349. The number of thioether (sulfide) groups is 1. The first kappa shape index (κ1) is 17.7. The lowest BCUT2D eigenvalue weighted by Gasteiger charge is -2.07. The van der Waals surface area contributed by atoms with Crippen LogP contribution < -0.4 is 0 Å². The number of benzene rings is 2. The van der Waals surface area contributed by atoms with E-state index in [2.05, 4.69) is 24.3 Å². The van der Waals surface area contributed by atoms with Crippen molar-refractivity contribution >= 4 is 29.1 Å². The molecule has 2 nitrogen and oxygen atoms in total. The number of hydrogen-bond donors (Lipinski definition) is 0. The van der Waals surface area contributed by atoms with Crippen LogP contribution in [0, 0.1) is 12.7 Å². The molecule has 0 aliphatic rings. The Morgan fingerprint density at radius 1 is 1.04 bits per heavy atom. The van der Waals surface area contributed by atoms with E-state index in [4.69, 9.17) is 4.74 Å². The highest BCUT2D eigenvalue weighted by atomic mass is 32.2. The number of carbonyl (C=O) groups excluding carboxylic acids is 1. The fraction of sp³-hybridized carbons (Fsp3) is 0.150. The largest absolute Gasteiger partial charge is 0.465 e. The number of hydrogen-bond acceptors (Lipinski definition) is 4. The van der Waals surface area contributed by atoms with Gasteiger partial charge in [0.2, 0.25) is 0 Å². The van der Waals surface area contributed by atoms with Crippen LogP contribution in [0.1, 0.15) is 15.2 Å². The third kappa shape index (κ3) is 3.48. The van der Waals surface area contributed by atoms with Gasteiger partial charge in [0.25, 0.3) is 0 Å². The Labute approximate surface area is 154 Å². The standard InChI is InChI=1S/C20H17FO2S2/c1-12-17(13-6-10-16(24-3)11-7-13)19(25-18(12)20(22)23-2)14-4-8-15(21)9-5-14/h4-11H,1-3H3. The normalized spacial score (nSPS) is 10.7. The van der Waals surface area contributed by atoms with Crippen LogP contribution in [-0.2, 0) is 4.74 Å². The SMILES string of the molecule is COC(=O)c1sc(-c2ccc(F)cc2)c(-c2ccc(SC)cc2)c1C. The number of methoxy groups -OCH3 is 1. The molecule has 0 aliphatic carbocycles. The maximum Gasteiger partial charge on any atom is 0.348 e. The van der Waals surface area contributed by atoms with E-state index in [1.54, 1.807) is 23.9 Å². The molecule has 0 fully saturated rings. The van der Waals surface area contributed by atoms with Crippen LogP contribution in [0.25, 0.3) is 21.6 Å². The van der Waals surface area contributed by atoms with Gasteiger partial charge >= 0.3 is 5.97 Å². The van der Waals surface area contributed by atoms with Gasteiger partial charge in [0.05, 0.1) is 7.11 Å². The summed E-state index contributed by atoms with van der Waals surface area (Å²) in [5.74, 6) is -0.631. The second-order valence-corrected chi connectivity index (χ2v) is 7.39. The van der Waals surface area contributed by atoms with Crippen LogP contribution in [0.2, 0.25) is 0 Å². The van der Waals surface area contributed by atoms with Crippen molar-refractivity contribution in [3.05, 3.63) is 64.8 Å². The lowest BCUT2D eigenvalue weighted by Crippen LogP contribution is -1.99. The molecule has 3 aromatic rings. The Balaban J connectivity index is 2.21. The molecule has 0 aliphatic heterocycles. The van der Waals surface area contributed by atoms with Crippen molar-refractivity contribution < 1.29 is 13.9 Å². The maximum absolute atomic E-state index is 13.3. The van der Waals surface area contributed by atoms with Gasteiger partial charge in [0, 0.05) is 15.3 Å². The van der Waals surface area contributed by atoms with Gasteiger partial charge in [-0.15, -0.1) is 23.1 Å². The molecule has 25 heavy (non-hydrogen) atoms. The third-order valence-corrected chi connectivity index (χ3v) is 6.07. The van der Waals surface area contributed by atoms with Gasteiger partial charge < -0.3 is 4.74 Å². The first-order valence-electron chi connectivity index (χ1n) is 7.67. The first-order valence-corrected chi connectivity index (χ1v) is 9.71. The van der Waals surface area contributed by atoms with E-state index < -0.39 is 0 Å². The topological polar surface area (TPSA) is 26.3 Å². The fourth-order valence-electron chi connectivity index (χ4n) is 2.71. The summed E-state index contributed by atoms with van der Waals surface area (Å²) in [7, 11) is 1.38. The molecule has 2 aromatic carbocycles. The molecule has 0 N–H and O–H groups in total. The summed E-state index contributed by atoms with van der Waals surface area (Å²) in [6.45, 7) is 1.92. The average Bonchev–Trinajstić information content (AvgIpc) is 2.99. The van der Waals surface area contributed by atoms with Gasteiger partial charge in [-0.1, -0.05) is 24.3 Å². The molecule has 0 atom stereocenters. The maximum atomic E-state index is 13.3. The Morgan fingerprint density at radius 2 is 1.64 bits per heavy atom. The lowest BCUT2D eigenvalue weighted by molar-refractivity contribution is 0.0605. The molecule has 0 saturated heterocycles. The van der Waals surface area contributed by atoms with Crippen LogP contribution in [0.5, 0.6) is 0 Å². The van der Waals surface area contributed by atoms with Crippen LogP contribution >= 0.6 is 23.1 Å². The highest BCUT2D eigenvalue weighted by Gasteiger charge is 2.22.